The van der Waals surface area contributed by atoms with Crippen LogP contribution in [0.1, 0.15) is 29.8 Å². The molecule has 0 saturated carbocycles. The topological polar surface area (TPSA) is 30.7 Å². The van der Waals surface area contributed by atoms with Crippen molar-refractivity contribution in [3.63, 3.8) is 0 Å². The Balaban J connectivity index is 1.18. The van der Waals surface area contributed by atoms with Crippen molar-refractivity contribution in [3.05, 3.63) is 157 Å². The van der Waals surface area contributed by atoms with Crippen LogP contribution in [-0.2, 0) is 0 Å². The van der Waals surface area contributed by atoms with Crippen molar-refractivity contribution < 1.29 is 0 Å². The van der Waals surface area contributed by atoms with E-state index >= 15 is 0 Å². The average molecular weight is 580 g/mol. The molecule has 1 aliphatic rings. The van der Waals surface area contributed by atoms with Crippen LogP contribution >= 0.6 is 0 Å². The van der Waals surface area contributed by atoms with E-state index in [1.54, 1.807) is 0 Å². The Labute approximate surface area is 263 Å². The van der Waals surface area contributed by atoms with Crippen LogP contribution < -0.4 is 0 Å². The minimum absolute atomic E-state index is 0.992. The van der Waals surface area contributed by atoms with Crippen LogP contribution in [-0.4, -0.2) is 14.5 Å². The molecule has 216 valence electrons. The van der Waals surface area contributed by atoms with Crippen molar-refractivity contribution in [1.82, 2.24) is 14.5 Å². The summed E-state index contributed by atoms with van der Waals surface area (Å²) in [5.74, 6) is 0.992. The Hall–Kier alpha value is -5.54. The van der Waals surface area contributed by atoms with Gasteiger partial charge in [0.05, 0.1) is 22.2 Å². The standard InChI is InChI=1S/C42H33N3/c1-28-12-6-7-15-35(28)40-29(2)36-16-8-9-17-37(36)43-41(40)32-22-20-30(21-23-32)31-24-26-34(27-25-31)45-39-19-11-10-18-38(39)44-42(45)33-13-4-3-5-14-33/h4,6-27H,3,5H2,1-2H3. The fraction of sp³-hybridized carbons (Fsp3) is 0.0952. The van der Waals surface area contributed by atoms with Gasteiger partial charge in [0.1, 0.15) is 5.82 Å². The number of fused-ring (bicyclic) bond motifs is 2. The molecule has 0 bridgehead atoms. The highest BCUT2D eigenvalue weighted by Crippen LogP contribution is 2.39. The maximum absolute atomic E-state index is 5.22. The normalized spacial score (nSPS) is 13.0. The summed E-state index contributed by atoms with van der Waals surface area (Å²) >= 11 is 0. The summed E-state index contributed by atoms with van der Waals surface area (Å²) in [6.07, 6.45) is 8.87. The summed E-state index contributed by atoms with van der Waals surface area (Å²) < 4.78 is 2.28. The van der Waals surface area contributed by atoms with Gasteiger partial charge >= 0.3 is 0 Å². The number of rotatable bonds is 5. The zero-order valence-corrected chi connectivity index (χ0v) is 25.5. The van der Waals surface area contributed by atoms with Gasteiger partial charge in [0.2, 0.25) is 0 Å². The quantitative estimate of drug-likeness (QED) is 0.203. The van der Waals surface area contributed by atoms with Gasteiger partial charge in [-0.15, -0.1) is 0 Å². The van der Waals surface area contributed by atoms with Crippen molar-refractivity contribution in [2.75, 3.05) is 0 Å². The number of aromatic nitrogens is 3. The summed E-state index contributed by atoms with van der Waals surface area (Å²) in [5.41, 5.74) is 14.9. The average Bonchev–Trinajstić information content (AvgIpc) is 3.49. The van der Waals surface area contributed by atoms with E-state index in [-0.39, 0.29) is 0 Å². The van der Waals surface area contributed by atoms with Crippen molar-refractivity contribution in [3.8, 4) is 39.2 Å². The number of hydrogen-bond acceptors (Lipinski definition) is 2. The molecule has 3 nitrogen and oxygen atoms in total. The van der Waals surface area contributed by atoms with E-state index in [0.29, 0.717) is 0 Å². The summed E-state index contributed by atoms with van der Waals surface area (Å²) in [4.78, 5) is 10.2. The lowest BCUT2D eigenvalue weighted by Crippen LogP contribution is -2.01. The minimum Gasteiger partial charge on any atom is -0.292 e. The van der Waals surface area contributed by atoms with Crippen LogP contribution in [0.5, 0.6) is 0 Å². The van der Waals surface area contributed by atoms with Gasteiger partial charge in [-0.1, -0.05) is 109 Å². The minimum atomic E-state index is 0.992. The zero-order chi connectivity index (χ0) is 30.3. The molecule has 0 saturated heterocycles. The van der Waals surface area contributed by atoms with Crippen LogP contribution in [0.15, 0.2) is 140 Å². The predicted molar refractivity (Wildman–Crippen MR) is 189 cm³/mol. The Morgan fingerprint density at radius 2 is 1.27 bits per heavy atom. The third kappa shape index (κ3) is 4.78. The summed E-state index contributed by atoms with van der Waals surface area (Å²) in [7, 11) is 0. The van der Waals surface area contributed by atoms with E-state index in [0.717, 1.165) is 52.2 Å². The van der Waals surface area contributed by atoms with Crippen LogP contribution in [0.3, 0.4) is 0 Å². The second-order valence-electron chi connectivity index (χ2n) is 11.8. The Kier molecular flexibility index (Phi) is 6.72. The number of imidazole rings is 1. The first-order chi connectivity index (χ1) is 22.2. The lowest BCUT2D eigenvalue weighted by Gasteiger charge is -2.17. The molecule has 7 aromatic rings. The fourth-order valence-electron chi connectivity index (χ4n) is 6.65. The van der Waals surface area contributed by atoms with Crippen molar-refractivity contribution >= 4 is 27.5 Å². The lowest BCUT2D eigenvalue weighted by atomic mass is 9.90. The smallest absolute Gasteiger partial charge is 0.145 e. The molecule has 0 aliphatic heterocycles. The molecule has 5 aromatic carbocycles. The molecular weight excluding hydrogens is 546 g/mol. The molecule has 0 amide bonds. The molecule has 45 heavy (non-hydrogen) atoms. The van der Waals surface area contributed by atoms with Gasteiger partial charge < -0.3 is 0 Å². The van der Waals surface area contributed by atoms with Crippen molar-refractivity contribution in [2.45, 2.75) is 26.7 Å². The van der Waals surface area contributed by atoms with E-state index in [9.17, 15) is 0 Å². The largest absolute Gasteiger partial charge is 0.292 e. The molecule has 2 heterocycles. The third-order valence-corrected chi connectivity index (χ3v) is 9.00. The number of pyridine rings is 1. The lowest BCUT2D eigenvalue weighted by molar-refractivity contribution is 1.01. The highest BCUT2D eigenvalue weighted by Gasteiger charge is 2.18. The van der Waals surface area contributed by atoms with Crippen molar-refractivity contribution in [2.24, 2.45) is 0 Å². The number of allylic oxidation sites excluding steroid dienone is 4. The summed E-state index contributed by atoms with van der Waals surface area (Å²) in [5, 5.41) is 1.20. The number of benzene rings is 5. The van der Waals surface area contributed by atoms with Gasteiger partial charge in [0.15, 0.2) is 0 Å². The maximum atomic E-state index is 5.22. The van der Waals surface area contributed by atoms with Gasteiger partial charge in [-0.3, -0.25) is 4.57 Å². The highest BCUT2D eigenvalue weighted by atomic mass is 15.1. The maximum Gasteiger partial charge on any atom is 0.145 e. The van der Waals surface area contributed by atoms with Gasteiger partial charge in [0, 0.05) is 27.8 Å². The molecule has 1 aliphatic carbocycles. The first-order valence-electron chi connectivity index (χ1n) is 15.7. The van der Waals surface area contributed by atoms with Crippen LogP contribution in [0.4, 0.5) is 0 Å². The summed E-state index contributed by atoms with van der Waals surface area (Å²) in [6.45, 7) is 4.40. The van der Waals surface area contributed by atoms with E-state index in [1.807, 2.05) is 0 Å². The van der Waals surface area contributed by atoms with E-state index in [4.69, 9.17) is 9.97 Å². The van der Waals surface area contributed by atoms with Gasteiger partial charge in [-0.05, 0) is 84.8 Å². The van der Waals surface area contributed by atoms with E-state index < -0.39 is 0 Å². The molecule has 3 heteroatoms. The second-order valence-corrected chi connectivity index (χ2v) is 11.8. The number of hydrogen-bond donors (Lipinski definition) is 0. The van der Waals surface area contributed by atoms with E-state index in [2.05, 4.69) is 158 Å². The molecule has 0 N–H and O–H groups in total. The monoisotopic (exact) mass is 579 g/mol. The molecule has 2 aromatic heterocycles. The first kappa shape index (κ1) is 27.0. The van der Waals surface area contributed by atoms with Crippen molar-refractivity contribution in [1.29, 1.82) is 0 Å². The summed E-state index contributed by atoms with van der Waals surface area (Å²) in [6, 6.07) is 43.1. The third-order valence-electron chi connectivity index (χ3n) is 9.00. The molecule has 0 radical (unpaired) electrons. The Morgan fingerprint density at radius 3 is 2.02 bits per heavy atom. The van der Waals surface area contributed by atoms with Crippen LogP contribution in [0.2, 0.25) is 0 Å². The van der Waals surface area contributed by atoms with E-state index in [1.165, 1.54) is 44.3 Å². The molecule has 0 spiro atoms. The zero-order valence-electron chi connectivity index (χ0n) is 25.5. The predicted octanol–water partition coefficient (Wildman–Crippen LogP) is 10.9. The first-order valence-corrected chi connectivity index (χ1v) is 15.7. The number of nitrogens with zero attached hydrogens (tertiary/aromatic N) is 3. The van der Waals surface area contributed by atoms with Gasteiger partial charge in [-0.2, -0.15) is 0 Å². The van der Waals surface area contributed by atoms with Gasteiger partial charge in [-0.25, -0.2) is 9.97 Å². The number of aryl methyl sites for hydroxylation is 2. The fourth-order valence-corrected chi connectivity index (χ4v) is 6.65. The SMILES string of the molecule is Cc1ccccc1-c1c(-c2ccc(-c3ccc(-n4c(C5=CCCC=C5)nc5ccccc54)cc3)cc2)nc2ccccc2c1C. The van der Waals surface area contributed by atoms with Gasteiger partial charge in [0.25, 0.3) is 0 Å². The molecule has 0 unspecified atom stereocenters. The van der Waals surface area contributed by atoms with Crippen LogP contribution in [0.25, 0.3) is 66.7 Å². The Bertz CT molecular complexity index is 2270. The number of para-hydroxylation sites is 3. The molecule has 8 rings (SSSR count). The molecular formula is C42H33N3. The second kappa shape index (κ2) is 11.2. The molecule has 0 atom stereocenters. The molecule has 0 fully saturated rings. The highest BCUT2D eigenvalue weighted by molar-refractivity contribution is 5.96. The van der Waals surface area contributed by atoms with Crippen LogP contribution in [0, 0.1) is 13.8 Å². The Morgan fingerprint density at radius 1 is 0.600 bits per heavy atom.